The number of aromatic amines is 1. The molecule has 0 bridgehead atoms. The summed E-state index contributed by atoms with van der Waals surface area (Å²) in [4.78, 5) is 4.57. The van der Waals surface area contributed by atoms with Gasteiger partial charge in [0.05, 0.1) is 5.52 Å². The Morgan fingerprint density at radius 3 is 2.75 bits per heavy atom. The summed E-state index contributed by atoms with van der Waals surface area (Å²) in [6.45, 7) is 6.20. The van der Waals surface area contributed by atoms with Crippen molar-refractivity contribution in [3.63, 3.8) is 0 Å². The van der Waals surface area contributed by atoms with Gasteiger partial charge in [-0.15, -0.1) is 0 Å². The molecule has 2 heterocycles. The zero-order valence-corrected chi connectivity index (χ0v) is 12.5. The van der Waals surface area contributed by atoms with Crippen LogP contribution >= 0.6 is 12.2 Å². The molecular formula is C15H16N4S. The van der Waals surface area contributed by atoms with Gasteiger partial charge in [-0.1, -0.05) is 18.2 Å². The molecule has 0 radical (unpaired) electrons. The van der Waals surface area contributed by atoms with Gasteiger partial charge < -0.3 is 0 Å². The van der Waals surface area contributed by atoms with Gasteiger partial charge in [0.25, 0.3) is 0 Å². The van der Waals surface area contributed by atoms with Crippen LogP contribution in [0.2, 0.25) is 0 Å². The number of nitrogens with one attached hydrogen (secondary N) is 1. The van der Waals surface area contributed by atoms with Crippen molar-refractivity contribution in [2.24, 2.45) is 0 Å². The molecule has 0 fully saturated rings. The highest BCUT2D eigenvalue weighted by molar-refractivity contribution is 7.71. The number of benzene rings is 1. The number of nitrogens with zero attached hydrogens (tertiary/aromatic N) is 3. The van der Waals surface area contributed by atoms with E-state index in [2.05, 4.69) is 41.2 Å². The van der Waals surface area contributed by atoms with Gasteiger partial charge >= 0.3 is 0 Å². The molecule has 0 amide bonds. The summed E-state index contributed by atoms with van der Waals surface area (Å²) in [7, 11) is 0. The molecule has 20 heavy (non-hydrogen) atoms. The van der Waals surface area contributed by atoms with Gasteiger partial charge in [0.1, 0.15) is 0 Å². The number of fused-ring (bicyclic) bond motifs is 1. The zero-order chi connectivity index (χ0) is 14.3. The minimum Gasteiger partial charge on any atom is -0.298 e. The second-order valence-electron chi connectivity index (χ2n) is 5.14. The molecule has 1 N–H and O–H groups in total. The molecular weight excluding hydrogens is 268 g/mol. The number of aromatic nitrogens is 4. The Morgan fingerprint density at radius 1 is 1.25 bits per heavy atom. The Morgan fingerprint density at radius 2 is 2.00 bits per heavy atom. The van der Waals surface area contributed by atoms with Crippen LogP contribution in [0.5, 0.6) is 0 Å². The first-order chi connectivity index (χ1) is 9.58. The molecule has 3 aromatic rings. The Labute approximate surface area is 122 Å². The summed E-state index contributed by atoms with van der Waals surface area (Å²) >= 11 is 5.33. The van der Waals surface area contributed by atoms with Gasteiger partial charge in [-0.05, 0) is 45.1 Å². The lowest BCUT2D eigenvalue weighted by Crippen LogP contribution is -2.04. The third-order valence-corrected chi connectivity index (χ3v) is 3.59. The molecule has 5 heteroatoms. The average molecular weight is 284 g/mol. The quantitative estimate of drug-likeness (QED) is 0.722. The molecule has 0 aliphatic rings. The smallest absolute Gasteiger partial charge is 0.195 e. The fourth-order valence-corrected chi connectivity index (χ4v) is 2.81. The number of aryl methyl sites for hydroxylation is 1. The number of pyridine rings is 1. The van der Waals surface area contributed by atoms with E-state index in [1.165, 1.54) is 0 Å². The van der Waals surface area contributed by atoms with Crippen molar-refractivity contribution in [3.05, 3.63) is 40.8 Å². The minimum absolute atomic E-state index is 0.253. The second kappa shape index (κ2) is 4.83. The molecule has 0 atom stereocenters. The number of hydrogen-bond donors (Lipinski definition) is 1. The van der Waals surface area contributed by atoms with Crippen LogP contribution in [0.4, 0.5) is 0 Å². The van der Waals surface area contributed by atoms with Gasteiger partial charge in [0.2, 0.25) is 0 Å². The number of para-hydroxylation sites is 1. The lowest BCUT2D eigenvalue weighted by atomic mass is 10.1. The first-order valence-corrected chi connectivity index (χ1v) is 7.02. The normalized spacial score (nSPS) is 11.4. The van der Waals surface area contributed by atoms with E-state index in [0.717, 1.165) is 28.0 Å². The number of H-pyrrole nitrogens is 1. The van der Waals surface area contributed by atoms with Crippen molar-refractivity contribution in [3.8, 4) is 11.4 Å². The number of hydrogen-bond acceptors (Lipinski definition) is 3. The Bertz CT molecular complexity index is 829. The summed E-state index contributed by atoms with van der Waals surface area (Å²) in [6.07, 6.45) is 0. The molecule has 0 spiro atoms. The van der Waals surface area contributed by atoms with Crippen LogP contribution < -0.4 is 0 Å². The SMILES string of the molecule is Cc1cc(-c2n[nH]c(=S)n2C(C)C)c2ccccc2n1. The van der Waals surface area contributed by atoms with Crippen molar-refractivity contribution in [1.82, 2.24) is 19.7 Å². The first kappa shape index (κ1) is 13.0. The number of rotatable bonds is 2. The monoisotopic (exact) mass is 284 g/mol. The molecule has 1 aromatic carbocycles. The van der Waals surface area contributed by atoms with Crippen molar-refractivity contribution >= 4 is 23.1 Å². The second-order valence-corrected chi connectivity index (χ2v) is 5.53. The third-order valence-electron chi connectivity index (χ3n) is 3.31. The van der Waals surface area contributed by atoms with Crippen molar-refractivity contribution in [1.29, 1.82) is 0 Å². The molecule has 0 unspecified atom stereocenters. The van der Waals surface area contributed by atoms with E-state index in [-0.39, 0.29) is 6.04 Å². The summed E-state index contributed by atoms with van der Waals surface area (Å²) in [5, 5.41) is 8.40. The lowest BCUT2D eigenvalue weighted by molar-refractivity contribution is 0.597. The molecule has 102 valence electrons. The van der Waals surface area contributed by atoms with Gasteiger partial charge in [0.15, 0.2) is 10.6 Å². The Balaban J connectivity index is 2.38. The average Bonchev–Trinajstić information content (AvgIpc) is 2.79. The molecule has 4 nitrogen and oxygen atoms in total. The molecule has 0 saturated heterocycles. The Kier molecular flexibility index (Phi) is 3.14. The van der Waals surface area contributed by atoms with Crippen LogP contribution in [-0.4, -0.2) is 19.7 Å². The Hall–Kier alpha value is -2.01. The maximum atomic E-state index is 5.33. The molecule has 3 rings (SSSR count). The maximum Gasteiger partial charge on any atom is 0.195 e. The van der Waals surface area contributed by atoms with E-state index in [1.54, 1.807) is 0 Å². The van der Waals surface area contributed by atoms with Crippen molar-refractivity contribution in [2.75, 3.05) is 0 Å². The van der Waals surface area contributed by atoms with Crippen LogP contribution in [-0.2, 0) is 0 Å². The van der Waals surface area contributed by atoms with Crippen LogP contribution in [0.15, 0.2) is 30.3 Å². The molecule has 0 aliphatic carbocycles. The van der Waals surface area contributed by atoms with Crippen molar-refractivity contribution < 1.29 is 0 Å². The van der Waals surface area contributed by atoms with Gasteiger partial charge in [0, 0.05) is 22.7 Å². The maximum absolute atomic E-state index is 5.33. The highest BCUT2D eigenvalue weighted by atomic mass is 32.1. The molecule has 2 aromatic heterocycles. The first-order valence-electron chi connectivity index (χ1n) is 6.61. The summed E-state index contributed by atoms with van der Waals surface area (Å²) in [5.74, 6) is 0.867. The highest BCUT2D eigenvalue weighted by Gasteiger charge is 2.15. The van der Waals surface area contributed by atoms with Crippen LogP contribution in [0.25, 0.3) is 22.3 Å². The van der Waals surface area contributed by atoms with E-state index >= 15 is 0 Å². The van der Waals surface area contributed by atoms with Crippen LogP contribution in [0.3, 0.4) is 0 Å². The minimum atomic E-state index is 0.253. The summed E-state index contributed by atoms with van der Waals surface area (Å²) in [5.41, 5.74) is 3.02. The van der Waals surface area contributed by atoms with E-state index < -0.39 is 0 Å². The molecule has 0 aliphatic heterocycles. The summed E-state index contributed by atoms with van der Waals surface area (Å²) in [6, 6.07) is 10.4. The van der Waals surface area contributed by atoms with E-state index in [1.807, 2.05) is 29.7 Å². The van der Waals surface area contributed by atoms with E-state index in [4.69, 9.17) is 12.2 Å². The predicted molar refractivity (Wildman–Crippen MR) is 83.3 cm³/mol. The predicted octanol–water partition coefficient (Wildman–Crippen LogP) is 4.05. The zero-order valence-electron chi connectivity index (χ0n) is 11.7. The van der Waals surface area contributed by atoms with Crippen molar-refractivity contribution in [2.45, 2.75) is 26.8 Å². The van der Waals surface area contributed by atoms with Gasteiger partial charge in [-0.25, -0.2) is 0 Å². The standard InChI is InChI=1S/C15H16N4S/c1-9(2)19-14(17-18-15(19)20)12-8-10(3)16-13-7-5-4-6-11(12)13/h4-9H,1-3H3,(H,18,20). The van der Waals surface area contributed by atoms with Crippen LogP contribution in [0, 0.1) is 11.7 Å². The fraction of sp³-hybridized carbons (Fsp3) is 0.267. The summed E-state index contributed by atoms with van der Waals surface area (Å²) < 4.78 is 2.69. The fourth-order valence-electron chi connectivity index (χ4n) is 2.47. The van der Waals surface area contributed by atoms with E-state index in [9.17, 15) is 0 Å². The largest absolute Gasteiger partial charge is 0.298 e. The van der Waals surface area contributed by atoms with Gasteiger partial charge in [-0.2, -0.15) is 5.10 Å². The highest BCUT2D eigenvalue weighted by Crippen LogP contribution is 2.28. The lowest BCUT2D eigenvalue weighted by Gasteiger charge is -2.12. The van der Waals surface area contributed by atoms with Gasteiger partial charge in [-0.3, -0.25) is 14.6 Å². The molecule has 0 saturated carbocycles. The van der Waals surface area contributed by atoms with Crippen LogP contribution in [0.1, 0.15) is 25.6 Å². The third kappa shape index (κ3) is 2.04. The topological polar surface area (TPSA) is 46.5 Å². The van der Waals surface area contributed by atoms with E-state index in [0.29, 0.717) is 4.77 Å².